The van der Waals surface area contributed by atoms with Gasteiger partial charge in [0.2, 0.25) is 5.78 Å². The molecular formula is C24H28N2O7. The lowest BCUT2D eigenvalue weighted by Gasteiger charge is -2.30. The van der Waals surface area contributed by atoms with Gasteiger partial charge < -0.3 is 28.6 Å². The van der Waals surface area contributed by atoms with Gasteiger partial charge >= 0.3 is 0 Å². The van der Waals surface area contributed by atoms with E-state index in [0.717, 1.165) is 19.6 Å². The van der Waals surface area contributed by atoms with Crippen LogP contribution in [-0.2, 0) is 9.53 Å². The number of ketones is 1. The standard InChI is InChI=1S/C24H28N2O7/c1-30-17-7-6-16(15-19(17)31-2)21-20(22(27)18-5-3-12-33-18)23(28)24(29)26(21)9-4-8-25-10-13-32-14-11-25/h3,5-7,12,15,21,28H,4,8-11,13-14H2,1-2H3/t21-/m0/s1. The van der Waals surface area contributed by atoms with Gasteiger partial charge in [-0.1, -0.05) is 6.07 Å². The number of hydrogen-bond acceptors (Lipinski definition) is 8. The molecule has 176 valence electrons. The molecule has 9 heteroatoms. The Kier molecular flexibility index (Phi) is 7.00. The molecule has 33 heavy (non-hydrogen) atoms. The van der Waals surface area contributed by atoms with E-state index in [1.54, 1.807) is 24.3 Å². The number of carbonyl (C=O) groups is 2. The number of amides is 1. The molecule has 0 unspecified atom stereocenters. The number of methoxy groups -OCH3 is 2. The molecule has 1 amide bonds. The monoisotopic (exact) mass is 456 g/mol. The summed E-state index contributed by atoms with van der Waals surface area (Å²) in [5.41, 5.74) is 0.625. The Morgan fingerprint density at radius 3 is 2.55 bits per heavy atom. The Hall–Kier alpha value is -3.30. The van der Waals surface area contributed by atoms with Crippen LogP contribution in [0.25, 0.3) is 0 Å². The van der Waals surface area contributed by atoms with Gasteiger partial charge in [0.15, 0.2) is 23.0 Å². The van der Waals surface area contributed by atoms with Crippen molar-refractivity contribution in [1.82, 2.24) is 9.80 Å². The van der Waals surface area contributed by atoms with Gasteiger partial charge in [0.25, 0.3) is 5.91 Å². The summed E-state index contributed by atoms with van der Waals surface area (Å²) in [7, 11) is 3.05. The van der Waals surface area contributed by atoms with Crippen molar-refractivity contribution < 1.29 is 33.3 Å². The van der Waals surface area contributed by atoms with Crippen LogP contribution in [0.1, 0.15) is 28.6 Å². The minimum Gasteiger partial charge on any atom is -0.503 e. The van der Waals surface area contributed by atoms with Gasteiger partial charge in [-0.05, 0) is 36.2 Å². The van der Waals surface area contributed by atoms with Crippen molar-refractivity contribution in [3.8, 4) is 11.5 Å². The molecule has 1 saturated heterocycles. The van der Waals surface area contributed by atoms with E-state index in [9.17, 15) is 14.7 Å². The summed E-state index contributed by atoms with van der Waals surface area (Å²) >= 11 is 0. The van der Waals surface area contributed by atoms with Crippen molar-refractivity contribution >= 4 is 11.7 Å². The third-order valence-electron chi connectivity index (χ3n) is 5.99. The smallest absolute Gasteiger partial charge is 0.290 e. The first kappa shape index (κ1) is 22.9. The molecule has 0 saturated carbocycles. The van der Waals surface area contributed by atoms with Crippen molar-refractivity contribution in [2.75, 3.05) is 53.6 Å². The number of aliphatic hydroxyl groups is 1. The van der Waals surface area contributed by atoms with Crippen molar-refractivity contribution in [1.29, 1.82) is 0 Å². The van der Waals surface area contributed by atoms with Crippen LogP contribution in [0, 0.1) is 0 Å². The van der Waals surface area contributed by atoms with Crippen molar-refractivity contribution in [3.63, 3.8) is 0 Å². The van der Waals surface area contributed by atoms with E-state index in [0.29, 0.717) is 43.2 Å². The molecule has 1 atom stereocenters. The largest absolute Gasteiger partial charge is 0.503 e. The van der Waals surface area contributed by atoms with Crippen LogP contribution in [0.4, 0.5) is 0 Å². The highest BCUT2D eigenvalue weighted by atomic mass is 16.5. The van der Waals surface area contributed by atoms with E-state index in [1.165, 1.54) is 31.4 Å². The van der Waals surface area contributed by atoms with E-state index >= 15 is 0 Å². The lowest BCUT2D eigenvalue weighted by atomic mass is 9.94. The highest BCUT2D eigenvalue weighted by molar-refractivity contribution is 6.15. The number of hydrogen-bond donors (Lipinski definition) is 1. The number of rotatable bonds is 9. The highest BCUT2D eigenvalue weighted by Crippen LogP contribution is 2.41. The summed E-state index contributed by atoms with van der Waals surface area (Å²) in [5.74, 6) is -0.607. The molecule has 1 aromatic heterocycles. The van der Waals surface area contributed by atoms with Gasteiger partial charge in [0.1, 0.15) is 0 Å². The van der Waals surface area contributed by atoms with E-state index in [4.69, 9.17) is 18.6 Å². The predicted octanol–water partition coefficient (Wildman–Crippen LogP) is 2.60. The molecule has 0 bridgehead atoms. The van der Waals surface area contributed by atoms with Crippen molar-refractivity contribution in [2.24, 2.45) is 0 Å². The molecular weight excluding hydrogens is 428 g/mol. The topological polar surface area (TPSA) is 102 Å². The maximum absolute atomic E-state index is 13.2. The molecule has 2 aliphatic heterocycles. The number of morpholine rings is 1. The van der Waals surface area contributed by atoms with Crippen LogP contribution >= 0.6 is 0 Å². The second-order valence-corrected chi connectivity index (χ2v) is 7.89. The average molecular weight is 456 g/mol. The minimum atomic E-state index is -0.778. The van der Waals surface area contributed by atoms with Crippen LogP contribution in [0.5, 0.6) is 11.5 Å². The summed E-state index contributed by atoms with van der Waals surface area (Å²) in [6.07, 6.45) is 2.07. The first-order valence-electron chi connectivity index (χ1n) is 10.9. The Morgan fingerprint density at radius 2 is 1.88 bits per heavy atom. The zero-order valence-electron chi connectivity index (χ0n) is 18.8. The molecule has 1 aromatic carbocycles. The summed E-state index contributed by atoms with van der Waals surface area (Å²) in [4.78, 5) is 30.1. The van der Waals surface area contributed by atoms with E-state index in [-0.39, 0.29) is 11.3 Å². The average Bonchev–Trinajstić information content (AvgIpc) is 3.47. The Bertz CT molecular complexity index is 1030. The molecule has 3 heterocycles. The molecule has 0 radical (unpaired) electrons. The van der Waals surface area contributed by atoms with Crippen molar-refractivity contribution in [3.05, 3.63) is 59.3 Å². The fraction of sp³-hybridized carbons (Fsp3) is 0.417. The summed E-state index contributed by atoms with van der Waals surface area (Å²) in [6.45, 7) is 4.24. The lowest BCUT2D eigenvalue weighted by molar-refractivity contribution is -0.129. The van der Waals surface area contributed by atoms with Gasteiger partial charge in [-0.2, -0.15) is 0 Å². The minimum absolute atomic E-state index is 0.00598. The molecule has 9 nitrogen and oxygen atoms in total. The molecule has 2 aromatic rings. The van der Waals surface area contributed by atoms with Crippen LogP contribution in [-0.4, -0.2) is 80.2 Å². The van der Waals surface area contributed by atoms with Gasteiger partial charge in [-0.25, -0.2) is 0 Å². The quantitative estimate of drug-likeness (QED) is 0.575. The third kappa shape index (κ3) is 4.60. The zero-order valence-corrected chi connectivity index (χ0v) is 18.8. The molecule has 4 rings (SSSR count). The number of furan rings is 1. The maximum atomic E-state index is 13.2. The van der Waals surface area contributed by atoms with Crippen LogP contribution in [0.15, 0.2) is 52.3 Å². The maximum Gasteiger partial charge on any atom is 0.290 e. The Balaban J connectivity index is 1.65. The van der Waals surface area contributed by atoms with Gasteiger partial charge in [-0.15, -0.1) is 0 Å². The number of benzene rings is 1. The van der Waals surface area contributed by atoms with Crippen molar-refractivity contribution in [2.45, 2.75) is 12.5 Å². The van der Waals surface area contributed by atoms with E-state index < -0.39 is 23.5 Å². The molecule has 0 aliphatic carbocycles. The molecule has 0 spiro atoms. The fourth-order valence-electron chi connectivity index (χ4n) is 4.32. The predicted molar refractivity (Wildman–Crippen MR) is 119 cm³/mol. The molecule has 1 N–H and O–H groups in total. The number of ether oxygens (including phenoxy) is 3. The third-order valence-corrected chi connectivity index (χ3v) is 5.99. The second kappa shape index (κ2) is 10.1. The normalized spacial score (nSPS) is 19.3. The number of nitrogens with zero attached hydrogens (tertiary/aromatic N) is 2. The van der Waals surface area contributed by atoms with Crippen LogP contribution in [0.3, 0.4) is 0 Å². The number of Topliss-reactive ketones (excluding diaryl/α,β-unsaturated/α-hetero) is 1. The zero-order chi connectivity index (χ0) is 23.4. The summed E-state index contributed by atoms with van der Waals surface area (Å²) in [5, 5.41) is 10.7. The number of aliphatic hydroxyl groups excluding tert-OH is 1. The summed E-state index contributed by atoms with van der Waals surface area (Å²) in [6, 6.07) is 7.53. The SMILES string of the molecule is COc1ccc([C@H]2C(C(=O)c3ccco3)=C(O)C(=O)N2CCCN2CCOCC2)cc1OC. The molecule has 2 aliphatic rings. The van der Waals surface area contributed by atoms with E-state index in [1.807, 2.05) is 0 Å². The van der Waals surface area contributed by atoms with Crippen LogP contribution in [0.2, 0.25) is 0 Å². The second-order valence-electron chi connectivity index (χ2n) is 7.89. The van der Waals surface area contributed by atoms with Crippen LogP contribution < -0.4 is 9.47 Å². The molecule has 1 fully saturated rings. The van der Waals surface area contributed by atoms with Gasteiger partial charge in [-0.3, -0.25) is 14.5 Å². The number of carbonyl (C=O) groups excluding carboxylic acids is 2. The summed E-state index contributed by atoms with van der Waals surface area (Å²) < 4.78 is 21.4. The van der Waals surface area contributed by atoms with Gasteiger partial charge in [0, 0.05) is 26.2 Å². The fourth-order valence-corrected chi connectivity index (χ4v) is 4.32. The highest BCUT2D eigenvalue weighted by Gasteiger charge is 2.44. The van der Waals surface area contributed by atoms with E-state index in [2.05, 4.69) is 4.90 Å². The lowest BCUT2D eigenvalue weighted by Crippen LogP contribution is -2.39. The first-order chi connectivity index (χ1) is 16.0. The Morgan fingerprint density at radius 1 is 1.12 bits per heavy atom. The van der Waals surface area contributed by atoms with Gasteiger partial charge in [0.05, 0.1) is 45.3 Å². The Labute approximate surface area is 192 Å². The first-order valence-corrected chi connectivity index (χ1v) is 10.9.